The molecule has 0 bridgehead atoms. The minimum Gasteiger partial charge on any atom is -0.0928 e. The summed E-state index contributed by atoms with van der Waals surface area (Å²) in [5.41, 5.74) is 0. The minimum absolute atomic E-state index is 0.692. The van der Waals surface area contributed by atoms with Crippen molar-refractivity contribution in [2.24, 2.45) is 11.8 Å². The normalized spacial score (nSPS) is 14.9. The van der Waals surface area contributed by atoms with E-state index < -0.39 is 0 Å². The lowest BCUT2D eigenvalue weighted by Crippen LogP contribution is -1.90. The zero-order valence-electron chi connectivity index (χ0n) is 7.10. The molecule has 0 aliphatic carbocycles. The van der Waals surface area contributed by atoms with Crippen molar-refractivity contribution < 1.29 is 0 Å². The maximum atomic E-state index is 3.42. The standard InChI is InChI=1S/C9H17Br/c1-8(2)4-5-9(3)6-7-10/h4-5,8-9H,6-7H2,1-3H3/b5-4+. The van der Waals surface area contributed by atoms with Gasteiger partial charge >= 0.3 is 0 Å². The van der Waals surface area contributed by atoms with Crippen LogP contribution in [-0.2, 0) is 0 Å². The summed E-state index contributed by atoms with van der Waals surface area (Å²) in [6.07, 6.45) is 5.81. The highest BCUT2D eigenvalue weighted by Gasteiger charge is 1.94. The molecule has 0 N–H and O–H groups in total. The number of hydrogen-bond acceptors (Lipinski definition) is 0. The van der Waals surface area contributed by atoms with E-state index in [0.717, 1.165) is 11.2 Å². The van der Waals surface area contributed by atoms with Crippen LogP contribution in [0.2, 0.25) is 0 Å². The quantitative estimate of drug-likeness (QED) is 0.485. The molecule has 0 saturated heterocycles. The Morgan fingerprint density at radius 2 is 1.80 bits per heavy atom. The van der Waals surface area contributed by atoms with Crippen molar-refractivity contribution in [3.05, 3.63) is 12.2 Å². The number of allylic oxidation sites excluding steroid dienone is 2. The van der Waals surface area contributed by atoms with E-state index in [-0.39, 0.29) is 0 Å². The van der Waals surface area contributed by atoms with Crippen molar-refractivity contribution >= 4 is 15.9 Å². The summed E-state index contributed by atoms with van der Waals surface area (Å²) >= 11 is 3.42. The summed E-state index contributed by atoms with van der Waals surface area (Å²) in [7, 11) is 0. The predicted molar refractivity (Wildman–Crippen MR) is 51.6 cm³/mol. The first-order valence-electron chi connectivity index (χ1n) is 3.91. The van der Waals surface area contributed by atoms with Gasteiger partial charge in [-0.2, -0.15) is 0 Å². The van der Waals surface area contributed by atoms with Gasteiger partial charge in [0, 0.05) is 5.33 Å². The molecule has 0 saturated carbocycles. The third-order valence-electron chi connectivity index (χ3n) is 1.39. The second-order valence-corrected chi connectivity index (χ2v) is 3.88. The Labute approximate surface area is 72.8 Å². The maximum Gasteiger partial charge on any atom is 0.00368 e. The molecule has 0 radical (unpaired) electrons. The average Bonchev–Trinajstić information content (AvgIpc) is 1.85. The van der Waals surface area contributed by atoms with Gasteiger partial charge in [-0.3, -0.25) is 0 Å². The SMILES string of the molecule is CC(C)/C=C/C(C)CCBr. The van der Waals surface area contributed by atoms with E-state index >= 15 is 0 Å². The average molecular weight is 205 g/mol. The number of hydrogen-bond donors (Lipinski definition) is 0. The number of rotatable bonds is 4. The first kappa shape index (κ1) is 10.2. The molecule has 0 amide bonds. The number of halogens is 1. The lowest BCUT2D eigenvalue weighted by molar-refractivity contribution is 0.694. The van der Waals surface area contributed by atoms with Crippen LogP contribution in [0.15, 0.2) is 12.2 Å². The summed E-state index contributed by atoms with van der Waals surface area (Å²) in [5.74, 6) is 1.42. The van der Waals surface area contributed by atoms with E-state index in [0.29, 0.717) is 5.92 Å². The molecule has 0 nitrogen and oxygen atoms in total. The molecule has 10 heavy (non-hydrogen) atoms. The van der Waals surface area contributed by atoms with Crippen LogP contribution in [0, 0.1) is 11.8 Å². The van der Waals surface area contributed by atoms with E-state index in [1.807, 2.05) is 0 Å². The Bertz CT molecular complexity index is 94.9. The third kappa shape index (κ3) is 6.34. The molecule has 0 heterocycles. The summed E-state index contributed by atoms with van der Waals surface area (Å²) in [6.45, 7) is 6.66. The fourth-order valence-electron chi connectivity index (χ4n) is 0.680. The summed E-state index contributed by atoms with van der Waals surface area (Å²) in [4.78, 5) is 0. The Hall–Kier alpha value is 0.220. The van der Waals surface area contributed by atoms with Gasteiger partial charge in [0.2, 0.25) is 0 Å². The van der Waals surface area contributed by atoms with Crippen LogP contribution in [0.3, 0.4) is 0 Å². The molecule has 0 fully saturated rings. The van der Waals surface area contributed by atoms with Crippen LogP contribution in [0.25, 0.3) is 0 Å². The molecule has 1 atom stereocenters. The second-order valence-electron chi connectivity index (χ2n) is 3.08. The maximum absolute atomic E-state index is 3.42. The fourth-order valence-corrected chi connectivity index (χ4v) is 1.40. The highest BCUT2D eigenvalue weighted by molar-refractivity contribution is 9.09. The Kier molecular flexibility index (Phi) is 6.10. The van der Waals surface area contributed by atoms with Gasteiger partial charge in [0.15, 0.2) is 0 Å². The molecule has 60 valence electrons. The zero-order valence-corrected chi connectivity index (χ0v) is 8.69. The van der Waals surface area contributed by atoms with Crippen LogP contribution < -0.4 is 0 Å². The van der Waals surface area contributed by atoms with Gasteiger partial charge in [-0.1, -0.05) is 48.9 Å². The topological polar surface area (TPSA) is 0 Å². The molecule has 0 aliphatic rings. The Morgan fingerprint density at radius 3 is 2.20 bits per heavy atom. The highest BCUT2D eigenvalue weighted by atomic mass is 79.9. The van der Waals surface area contributed by atoms with Gasteiger partial charge < -0.3 is 0 Å². The van der Waals surface area contributed by atoms with E-state index in [4.69, 9.17) is 0 Å². The lowest BCUT2D eigenvalue weighted by atomic mass is 10.1. The van der Waals surface area contributed by atoms with Gasteiger partial charge in [-0.25, -0.2) is 0 Å². The van der Waals surface area contributed by atoms with Crippen LogP contribution in [0.1, 0.15) is 27.2 Å². The van der Waals surface area contributed by atoms with Crippen molar-refractivity contribution in [2.75, 3.05) is 5.33 Å². The molecular formula is C9H17Br. The number of alkyl halides is 1. The van der Waals surface area contributed by atoms with Crippen LogP contribution in [0.5, 0.6) is 0 Å². The molecule has 0 aliphatic heterocycles. The van der Waals surface area contributed by atoms with E-state index in [1.165, 1.54) is 6.42 Å². The van der Waals surface area contributed by atoms with Gasteiger partial charge in [0.05, 0.1) is 0 Å². The van der Waals surface area contributed by atoms with Gasteiger partial charge in [-0.05, 0) is 18.3 Å². The van der Waals surface area contributed by atoms with Crippen molar-refractivity contribution in [3.63, 3.8) is 0 Å². The van der Waals surface area contributed by atoms with Crippen LogP contribution >= 0.6 is 15.9 Å². The minimum atomic E-state index is 0.692. The molecule has 1 unspecified atom stereocenters. The van der Waals surface area contributed by atoms with Crippen molar-refractivity contribution in [1.29, 1.82) is 0 Å². The van der Waals surface area contributed by atoms with Gasteiger partial charge in [0.25, 0.3) is 0 Å². The molecule has 0 aromatic rings. The monoisotopic (exact) mass is 204 g/mol. The third-order valence-corrected chi connectivity index (χ3v) is 1.85. The lowest BCUT2D eigenvalue weighted by Gasteiger charge is -2.02. The largest absolute Gasteiger partial charge is 0.0928 e. The Morgan fingerprint density at radius 1 is 1.20 bits per heavy atom. The summed E-state index contributed by atoms with van der Waals surface area (Å²) in [6, 6.07) is 0. The highest BCUT2D eigenvalue weighted by Crippen LogP contribution is 2.07. The predicted octanol–water partition coefficient (Wildman–Crippen LogP) is 3.62. The van der Waals surface area contributed by atoms with Gasteiger partial charge in [0.1, 0.15) is 0 Å². The first-order valence-corrected chi connectivity index (χ1v) is 5.03. The molecule has 0 aromatic carbocycles. The zero-order chi connectivity index (χ0) is 7.98. The second kappa shape index (κ2) is 5.96. The van der Waals surface area contributed by atoms with E-state index in [9.17, 15) is 0 Å². The molecule has 0 spiro atoms. The smallest absolute Gasteiger partial charge is 0.00368 e. The van der Waals surface area contributed by atoms with Crippen molar-refractivity contribution in [3.8, 4) is 0 Å². The van der Waals surface area contributed by atoms with E-state index in [1.54, 1.807) is 0 Å². The van der Waals surface area contributed by atoms with Crippen molar-refractivity contribution in [1.82, 2.24) is 0 Å². The first-order chi connectivity index (χ1) is 4.66. The molecule has 1 heteroatoms. The van der Waals surface area contributed by atoms with Crippen molar-refractivity contribution in [2.45, 2.75) is 27.2 Å². The summed E-state index contributed by atoms with van der Waals surface area (Å²) in [5, 5.41) is 1.11. The van der Waals surface area contributed by atoms with Crippen LogP contribution in [-0.4, -0.2) is 5.33 Å². The molecule has 0 aromatic heterocycles. The van der Waals surface area contributed by atoms with Crippen LogP contribution in [0.4, 0.5) is 0 Å². The molecular weight excluding hydrogens is 188 g/mol. The van der Waals surface area contributed by atoms with Gasteiger partial charge in [-0.15, -0.1) is 0 Å². The van der Waals surface area contributed by atoms with E-state index in [2.05, 4.69) is 48.9 Å². The fraction of sp³-hybridized carbons (Fsp3) is 0.778. The summed E-state index contributed by atoms with van der Waals surface area (Å²) < 4.78 is 0. The Balaban J connectivity index is 3.45. The molecule has 0 rings (SSSR count).